The lowest BCUT2D eigenvalue weighted by atomic mass is 9.73. The summed E-state index contributed by atoms with van der Waals surface area (Å²) in [6.45, 7) is 32.5. The van der Waals surface area contributed by atoms with Crippen molar-refractivity contribution in [2.75, 3.05) is 39.3 Å². The van der Waals surface area contributed by atoms with E-state index in [1.165, 1.54) is 15.0 Å². The first-order chi connectivity index (χ1) is 48.8. The van der Waals surface area contributed by atoms with Gasteiger partial charge < -0.3 is 25.6 Å². The van der Waals surface area contributed by atoms with Crippen LogP contribution in [0.2, 0.25) is 0 Å². The molecule has 24 heteroatoms. The third-order valence-corrected chi connectivity index (χ3v) is 33.7. The number of rotatable bonds is 25. The molecule has 12 atom stereocenters. The molecule has 0 radical (unpaired) electrons. The molecule has 4 spiro atoms. The summed E-state index contributed by atoms with van der Waals surface area (Å²) in [5.74, 6) is -3.80. The van der Waals surface area contributed by atoms with Gasteiger partial charge in [0.2, 0.25) is 23.6 Å². The summed E-state index contributed by atoms with van der Waals surface area (Å²) in [5, 5.41) is 2.91. The van der Waals surface area contributed by atoms with Crippen LogP contribution in [-0.2, 0) is 63.5 Å². The normalized spacial score (nSPS) is 32.3. The number of fused-ring (bicyclic) bond motifs is 2. The molecular formula is C81H132N8O14S2. The fraction of sp³-hybridized carbons (Fsp3) is 0.889. The molecule has 5 N–H and O–H groups in total. The Morgan fingerprint density at radius 1 is 0.486 bits per heavy atom. The number of likely N-dealkylation sites (tertiary alicyclic amines) is 2. The molecule has 592 valence electrons. The largest absolute Gasteiger partial charge is 0.444 e. The minimum absolute atomic E-state index is 0.0351. The molecule has 5 amide bonds. The standard InChI is InChI=1S/C43H70N4O8S.C38H62N4O6S/c1-10-29-24-41(29,36(51)45-56(53,54)46-21-14-15-22-46)26-33(49)31-25-43(40(8,9)42(43)19-16-20-42)27-47(31)35(50)30(38(2,3)4)23-32(48)34(28-17-12-11-13-18-28)44-37(52)55-39(5,6)7;1-7-26-21-36(26,33(46)40-49(47,48)41-18-11-12-19-41)23-30(44)28-22-38(35(5,6)37(38)16-13-17-37)24-42(28)32(45)27(34(2,3)4)20-29(43)31(39)25-14-9-8-10-15-25/h28-31,34H,10-27H2,1-9H3,(H,44,52)(H,45,51);25-28,31H,7-24,39H2,1-6H3,(H,40,46)/t29-,30-,31+,34+,41-,43-;26-,27-,28+,31+,36-,38-/m11/s1. The average Bonchev–Trinajstić information content (AvgIpc) is 1.46. The van der Waals surface area contributed by atoms with E-state index in [-0.39, 0.29) is 117 Å². The van der Waals surface area contributed by atoms with Crippen molar-refractivity contribution in [3.8, 4) is 0 Å². The van der Waals surface area contributed by atoms with Crippen molar-refractivity contribution in [2.24, 2.45) is 95.4 Å². The summed E-state index contributed by atoms with van der Waals surface area (Å²) >= 11 is 0. The second-order valence-corrected chi connectivity index (χ2v) is 42.9. The van der Waals surface area contributed by atoms with Crippen LogP contribution in [0.15, 0.2) is 0 Å². The van der Waals surface area contributed by atoms with E-state index in [0.717, 1.165) is 122 Å². The SMILES string of the molecule is CC[C@@H]1C[C@]1(CC(=O)[C@@H]1C[C@@]2(CN1C(=O)[C@@H](CC(=O)[C@@H](N)C1CCCCC1)C(C)(C)C)C(C)(C)C21CCC1)C(=O)NS(=O)(=O)N1CCCC1.CC[C@@H]1C[C@]1(CC(=O)[C@@H]1C[C@@]2(CN1C(=O)[C@@H](CC(=O)[C@@H](NC(=O)OC(C)(C)C)C1CCCCC1)C(C)(C)C)C(C)(C)C21CCC1)C(=O)NS(=O)(=O)N1CCCC1. The summed E-state index contributed by atoms with van der Waals surface area (Å²) < 4.78 is 65.5. The maximum Gasteiger partial charge on any atom is 0.408 e. The van der Waals surface area contributed by atoms with Gasteiger partial charge in [-0.05, 0) is 180 Å². The molecule has 4 heterocycles. The molecule has 0 aromatic rings. The summed E-state index contributed by atoms with van der Waals surface area (Å²) in [6, 6.07) is -2.87. The summed E-state index contributed by atoms with van der Waals surface area (Å²) in [4.78, 5) is 132. The van der Waals surface area contributed by atoms with Crippen molar-refractivity contribution < 1.29 is 64.7 Å². The van der Waals surface area contributed by atoms with E-state index >= 15 is 4.79 Å². The van der Waals surface area contributed by atoms with Gasteiger partial charge in [0.25, 0.3) is 0 Å². The number of alkyl carbamates (subject to hydrolysis) is 1. The van der Waals surface area contributed by atoms with Crippen LogP contribution >= 0.6 is 0 Å². The van der Waals surface area contributed by atoms with Crippen LogP contribution in [0.1, 0.15) is 296 Å². The highest BCUT2D eigenvalue weighted by molar-refractivity contribution is 7.88. The van der Waals surface area contributed by atoms with Crippen LogP contribution in [-0.4, -0.2) is 157 Å². The van der Waals surface area contributed by atoms with Gasteiger partial charge in [-0.15, -0.1) is 0 Å². The monoisotopic (exact) mass is 1500 g/mol. The van der Waals surface area contributed by atoms with Gasteiger partial charge in [0.05, 0.1) is 35.0 Å². The van der Waals surface area contributed by atoms with Gasteiger partial charge >= 0.3 is 26.5 Å². The Balaban J connectivity index is 0.000000212. The molecule has 22 nitrogen and oxygen atoms in total. The Morgan fingerprint density at radius 3 is 1.16 bits per heavy atom. The molecule has 8 aliphatic carbocycles. The zero-order valence-corrected chi connectivity index (χ0v) is 68.3. The van der Waals surface area contributed by atoms with Crippen LogP contribution in [0, 0.1) is 89.7 Å². The number of carbonyl (C=O) groups excluding carboxylic acids is 9. The number of amides is 5. The van der Waals surface area contributed by atoms with E-state index in [1.807, 2.05) is 55.4 Å². The second kappa shape index (κ2) is 29.0. The molecule has 12 fully saturated rings. The van der Waals surface area contributed by atoms with E-state index in [9.17, 15) is 55.2 Å². The zero-order valence-electron chi connectivity index (χ0n) is 66.6. The minimum atomic E-state index is -4.03. The predicted molar refractivity (Wildman–Crippen MR) is 401 cm³/mol. The fourth-order valence-electron chi connectivity index (χ4n) is 23.2. The lowest BCUT2D eigenvalue weighted by Crippen LogP contribution is -2.52. The first kappa shape index (κ1) is 81.6. The van der Waals surface area contributed by atoms with E-state index in [0.29, 0.717) is 77.8 Å². The number of ketones is 4. The summed E-state index contributed by atoms with van der Waals surface area (Å²) in [6.07, 6.45) is 21.6. The molecule has 12 aliphatic rings. The van der Waals surface area contributed by atoms with Crippen LogP contribution in [0.4, 0.5) is 4.79 Å². The second-order valence-electron chi connectivity index (χ2n) is 39.6. The Bertz CT molecular complexity index is 3600. The van der Waals surface area contributed by atoms with Gasteiger partial charge in [-0.1, -0.05) is 147 Å². The van der Waals surface area contributed by atoms with Gasteiger partial charge in [0, 0.05) is 87.6 Å². The van der Waals surface area contributed by atoms with Crippen molar-refractivity contribution in [3.05, 3.63) is 0 Å². The number of nitrogens with one attached hydrogen (secondary N) is 3. The maximum atomic E-state index is 15.2. The molecule has 105 heavy (non-hydrogen) atoms. The summed E-state index contributed by atoms with van der Waals surface area (Å²) in [7, 11) is -8.01. The van der Waals surface area contributed by atoms with Gasteiger partial charge in [-0.2, -0.15) is 25.4 Å². The smallest absolute Gasteiger partial charge is 0.408 e. The fourth-order valence-corrected chi connectivity index (χ4v) is 25.8. The van der Waals surface area contributed by atoms with Crippen molar-refractivity contribution in [2.45, 2.75) is 326 Å². The van der Waals surface area contributed by atoms with Gasteiger partial charge in [0.15, 0.2) is 23.1 Å². The Morgan fingerprint density at radius 2 is 0.848 bits per heavy atom. The van der Waals surface area contributed by atoms with Gasteiger partial charge in [-0.3, -0.25) is 38.4 Å². The quantitative estimate of drug-likeness (QED) is 0.0660. The lowest BCUT2D eigenvalue weighted by molar-refractivity contribution is -0.146. The number of carbonyl (C=O) groups is 9. The first-order valence-electron chi connectivity index (χ1n) is 40.9. The third-order valence-electron chi connectivity index (χ3n) is 30.7. The molecule has 0 bridgehead atoms. The van der Waals surface area contributed by atoms with Crippen LogP contribution in [0.25, 0.3) is 0 Å². The highest BCUT2D eigenvalue weighted by Gasteiger charge is 2.87. The minimum Gasteiger partial charge on any atom is -0.444 e. The van der Waals surface area contributed by atoms with Gasteiger partial charge in [0.1, 0.15) is 5.60 Å². The number of nitrogens with two attached hydrogens (primary N) is 1. The number of ether oxygens (including phenoxy) is 1. The van der Waals surface area contributed by atoms with Crippen LogP contribution in [0.3, 0.4) is 0 Å². The highest BCUT2D eigenvalue weighted by Crippen LogP contribution is 2.89. The molecule has 0 aromatic heterocycles. The first-order valence-corrected chi connectivity index (χ1v) is 43.8. The average molecular weight is 1510 g/mol. The van der Waals surface area contributed by atoms with Crippen molar-refractivity contribution in [1.29, 1.82) is 0 Å². The maximum absolute atomic E-state index is 15.2. The van der Waals surface area contributed by atoms with Crippen molar-refractivity contribution in [3.63, 3.8) is 0 Å². The molecule has 4 saturated heterocycles. The summed E-state index contributed by atoms with van der Waals surface area (Å²) in [5.41, 5.74) is 1.95. The van der Waals surface area contributed by atoms with E-state index < -0.39 is 102 Å². The third kappa shape index (κ3) is 14.6. The van der Waals surface area contributed by atoms with E-state index in [1.54, 1.807) is 30.6 Å². The topological polar surface area (TPSA) is 306 Å². The lowest BCUT2D eigenvalue weighted by Gasteiger charge is -2.37. The van der Waals surface area contributed by atoms with Crippen molar-refractivity contribution >= 4 is 73.3 Å². The number of hydrogen-bond donors (Lipinski definition) is 4. The Kier molecular flexibility index (Phi) is 22.6. The molecule has 0 aromatic carbocycles. The molecule has 8 saturated carbocycles. The van der Waals surface area contributed by atoms with Gasteiger partial charge in [-0.25, -0.2) is 14.2 Å². The zero-order chi connectivity index (χ0) is 77.1. The molecule has 0 unspecified atom stereocenters. The Labute approximate surface area is 628 Å². The predicted octanol–water partition coefficient (Wildman–Crippen LogP) is 11.9. The van der Waals surface area contributed by atoms with Crippen LogP contribution < -0.4 is 20.5 Å². The highest BCUT2D eigenvalue weighted by atomic mass is 32.2. The van der Waals surface area contributed by atoms with E-state index in [4.69, 9.17) is 10.5 Å². The number of hydrogen-bond acceptors (Lipinski definition) is 15. The molecule has 4 aliphatic heterocycles. The number of Topliss-reactive ketones (excluding diaryl/α,β-unsaturated/α-hetero) is 4. The van der Waals surface area contributed by atoms with Crippen molar-refractivity contribution in [1.82, 2.24) is 33.2 Å². The molecule has 12 rings (SSSR count). The van der Waals surface area contributed by atoms with E-state index in [2.05, 4.69) is 42.5 Å². The molecular weight excluding hydrogens is 1370 g/mol. The Hall–Kier alpha value is -4.39. The van der Waals surface area contributed by atoms with Crippen LogP contribution in [0.5, 0.6) is 0 Å². The number of nitrogens with zero attached hydrogens (tertiary/aromatic N) is 4.